The first-order chi connectivity index (χ1) is 14.4. The molecule has 0 saturated heterocycles. The molecule has 0 radical (unpaired) electrons. The zero-order chi connectivity index (χ0) is 21.7. The highest BCUT2D eigenvalue weighted by molar-refractivity contribution is 5.91. The molecule has 30 heavy (non-hydrogen) atoms. The Morgan fingerprint density at radius 1 is 0.900 bits per heavy atom. The van der Waals surface area contributed by atoms with Crippen LogP contribution < -0.4 is 9.47 Å². The summed E-state index contributed by atoms with van der Waals surface area (Å²) in [5, 5.41) is 22.1. The highest BCUT2D eigenvalue weighted by atomic mass is 16.6. The average Bonchev–Trinajstić information content (AvgIpc) is 2.75. The Labute approximate surface area is 171 Å². The number of nitro groups is 2. The first-order valence-electron chi connectivity index (χ1n) is 9.33. The van der Waals surface area contributed by atoms with Crippen molar-refractivity contribution < 1.29 is 28.9 Å². The Kier molecular flexibility index (Phi) is 6.45. The molecule has 158 valence electrons. The normalized spacial score (nSPS) is 18.3. The second kappa shape index (κ2) is 9.21. The minimum atomic E-state index is -0.864. The summed E-state index contributed by atoms with van der Waals surface area (Å²) in [5.74, 6) is 0.410. The molecule has 1 fully saturated rings. The van der Waals surface area contributed by atoms with Crippen molar-refractivity contribution in [3.05, 3.63) is 68.3 Å². The molecule has 0 amide bonds. The van der Waals surface area contributed by atoms with E-state index in [-0.39, 0.29) is 5.56 Å². The molecule has 3 rings (SSSR count). The average molecular weight is 416 g/mol. The van der Waals surface area contributed by atoms with Gasteiger partial charge >= 0.3 is 5.97 Å². The van der Waals surface area contributed by atoms with E-state index in [0.717, 1.165) is 31.0 Å². The zero-order valence-electron chi connectivity index (χ0n) is 16.2. The zero-order valence-corrected chi connectivity index (χ0v) is 16.2. The Hall–Kier alpha value is -3.69. The number of nitrogens with zero attached hydrogens (tertiary/aromatic N) is 2. The third-order valence-electron chi connectivity index (χ3n) is 4.81. The molecule has 0 bridgehead atoms. The maximum Gasteiger partial charge on any atom is 0.339 e. The molecule has 0 unspecified atom stereocenters. The number of hydrogen-bond acceptors (Lipinski definition) is 8. The van der Waals surface area contributed by atoms with Gasteiger partial charge in [-0.15, -0.1) is 0 Å². The predicted octanol–water partition coefficient (Wildman–Crippen LogP) is 4.06. The van der Waals surface area contributed by atoms with Crippen LogP contribution in [0.5, 0.6) is 11.5 Å². The number of rotatable bonds is 7. The van der Waals surface area contributed by atoms with Crippen molar-refractivity contribution in [2.24, 2.45) is 0 Å². The Bertz CT molecular complexity index is 912. The van der Waals surface area contributed by atoms with Crippen LogP contribution in [0.4, 0.5) is 11.4 Å². The van der Waals surface area contributed by atoms with Crippen LogP contribution in [-0.2, 0) is 4.74 Å². The summed E-state index contributed by atoms with van der Waals surface area (Å²) in [4.78, 5) is 33.1. The Balaban J connectivity index is 1.76. The van der Waals surface area contributed by atoms with Crippen LogP contribution in [0.25, 0.3) is 0 Å². The second-order valence-electron chi connectivity index (χ2n) is 6.81. The maximum absolute atomic E-state index is 12.6. The SMILES string of the molecule is COc1ccc(O[C@H]2CCCC[C@@H]2OC(=O)c2cc([N+](=O)[O-])cc([N+](=O)[O-])c2)cc1. The fraction of sp³-hybridized carbons (Fsp3) is 0.350. The molecule has 0 heterocycles. The highest BCUT2D eigenvalue weighted by Gasteiger charge is 2.31. The van der Waals surface area contributed by atoms with Crippen molar-refractivity contribution in [2.45, 2.75) is 37.9 Å². The van der Waals surface area contributed by atoms with Gasteiger partial charge in [0.05, 0.1) is 28.6 Å². The Morgan fingerprint density at radius 2 is 1.43 bits per heavy atom. The first kappa shape index (κ1) is 21.0. The van der Waals surface area contributed by atoms with Crippen molar-refractivity contribution in [2.75, 3.05) is 7.11 Å². The largest absolute Gasteiger partial charge is 0.497 e. The van der Waals surface area contributed by atoms with Crippen LogP contribution >= 0.6 is 0 Å². The molecule has 10 heteroatoms. The highest BCUT2D eigenvalue weighted by Crippen LogP contribution is 2.29. The quantitative estimate of drug-likeness (QED) is 0.375. The van der Waals surface area contributed by atoms with Crippen LogP contribution in [-0.4, -0.2) is 35.1 Å². The summed E-state index contributed by atoms with van der Waals surface area (Å²) in [6.45, 7) is 0. The van der Waals surface area contributed by atoms with Crippen LogP contribution in [0, 0.1) is 20.2 Å². The molecule has 2 aromatic carbocycles. The number of methoxy groups -OCH3 is 1. The number of benzene rings is 2. The lowest BCUT2D eigenvalue weighted by atomic mass is 9.94. The lowest BCUT2D eigenvalue weighted by molar-refractivity contribution is -0.394. The molecule has 1 aliphatic rings. The van der Waals surface area contributed by atoms with Gasteiger partial charge in [0.1, 0.15) is 23.7 Å². The van der Waals surface area contributed by atoms with Gasteiger partial charge < -0.3 is 14.2 Å². The van der Waals surface area contributed by atoms with E-state index in [0.29, 0.717) is 24.3 Å². The van der Waals surface area contributed by atoms with E-state index in [1.54, 1.807) is 31.4 Å². The van der Waals surface area contributed by atoms with E-state index in [2.05, 4.69) is 0 Å². The van der Waals surface area contributed by atoms with Crippen molar-refractivity contribution in [1.29, 1.82) is 0 Å². The van der Waals surface area contributed by atoms with E-state index in [9.17, 15) is 25.0 Å². The second-order valence-corrected chi connectivity index (χ2v) is 6.81. The molecule has 2 atom stereocenters. The number of hydrogen-bond donors (Lipinski definition) is 0. The van der Waals surface area contributed by atoms with Gasteiger partial charge in [0, 0.05) is 12.1 Å². The smallest absolute Gasteiger partial charge is 0.339 e. The summed E-state index contributed by atoms with van der Waals surface area (Å²) in [6.07, 6.45) is 1.98. The van der Waals surface area contributed by atoms with Gasteiger partial charge in [-0.2, -0.15) is 0 Å². The molecule has 0 aromatic heterocycles. The van der Waals surface area contributed by atoms with E-state index in [1.165, 1.54) is 0 Å². The van der Waals surface area contributed by atoms with Gasteiger partial charge in [-0.05, 0) is 49.9 Å². The fourth-order valence-corrected chi connectivity index (χ4v) is 3.29. The molecule has 1 aliphatic carbocycles. The number of carbonyl (C=O) groups excluding carboxylic acids is 1. The standard InChI is InChI=1S/C20H20N2O8/c1-28-16-6-8-17(9-7-16)29-18-4-2-3-5-19(18)30-20(23)13-10-14(21(24)25)12-15(11-13)22(26)27/h6-12,18-19H,2-5H2,1H3/t18-,19-/m0/s1. The van der Waals surface area contributed by atoms with Crippen molar-refractivity contribution in [1.82, 2.24) is 0 Å². The number of carbonyl (C=O) groups is 1. The predicted molar refractivity (Wildman–Crippen MR) is 105 cm³/mol. The van der Waals surface area contributed by atoms with Gasteiger partial charge in [0.2, 0.25) is 0 Å². The molecule has 0 N–H and O–H groups in total. The number of nitro benzene ring substituents is 2. The third-order valence-corrected chi connectivity index (χ3v) is 4.81. The lowest BCUT2D eigenvalue weighted by Crippen LogP contribution is -2.38. The van der Waals surface area contributed by atoms with Crippen molar-refractivity contribution in [3.8, 4) is 11.5 Å². The van der Waals surface area contributed by atoms with E-state index in [1.807, 2.05) is 0 Å². The van der Waals surface area contributed by atoms with Gasteiger partial charge in [-0.3, -0.25) is 20.2 Å². The van der Waals surface area contributed by atoms with Crippen molar-refractivity contribution >= 4 is 17.3 Å². The lowest BCUT2D eigenvalue weighted by Gasteiger charge is -2.31. The van der Waals surface area contributed by atoms with Gasteiger partial charge in [0.25, 0.3) is 11.4 Å². The van der Waals surface area contributed by atoms with E-state index in [4.69, 9.17) is 14.2 Å². The topological polar surface area (TPSA) is 131 Å². The Morgan fingerprint density at radius 3 is 1.97 bits per heavy atom. The monoisotopic (exact) mass is 416 g/mol. The molecular weight excluding hydrogens is 396 g/mol. The van der Waals surface area contributed by atoms with Crippen LogP contribution in [0.3, 0.4) is 0 Å². The minimum absolute atomic E-state index is 0.246. The summed E-state index contributed by atoms with van der Waals surface area (Å²) in [5.41, 5.74) is -1.35. The maximum atomic E-state index is 12.6. The van der Waals surface area contributed by atoms with Gasteiger partial charge in [-0.25, -0.2) is 4.79 Å². The van der Waals surface area contributed by atoms with Gasteiger partial charge in [-0.1, -0.05) is 0 Å². The molecule has 0 spiro atoms. The van der Waals surface area contributed by atoms with Crippen molar-refractivity contribution in [3.63, 3.8) is 0 Å². The van der Waals surface area contributed by atoms with E-state index < -0.39 is 39.4 Å². The molecule has 0 aliphatic heterocycles. The summed E-state index contributed by atoms with van der Waals surface area (Å²) < 4.78 is 16.6. The van der Waals surface area contributed by atoms with Crippen LogP contribution in [0.2, 0.25) is 0 Å². The molecule has 2 aromatic rings. The summed E-state index contributed by atoms with van der Waals surface area (Å²) in [6, 6.07) is 9.73. The molecule has 10 nitrogen and oxygen atoms in total. The summed E-state index contributed by atoms with van der Waals surface area (Å²) >= 11 is 0. The third kappa shape index (κ3) is 5.02. The number of esters is 1. The number of ether oxygens (including phenoxy) is 3. The molecular formula is C20H20N2O8. The minimum Gasteiger partial charge on any atom is -0.497 e. The van der Waals surface area contributed by atoms with Gasteiger partial charge in [0.15, 0.2) is 0 Å². The number of non-ortho nitro benzene ring substituents is 2. The van der Waals surface area contributed by atoms with E-state index >= 15 is 0 Å². The first-order valence-corrected chi connectivity index (χ1v) is 9.33. The summed E-state index contributed by atoms with van der Waals surface area (Å²) in [7, 11) is 1.56. The molecule has 1 saturated carbocycles. The van der Waals surface area contributed by atoms with Crippen LogP contribution in [0.15, 0.2) is 42.5 Å². The fourth-order valence-electron chi connectivity index (χ4n) is 3.29. The van der Waals surface area contributed by atoms with Crippen LogP contribution in [0.1, 0.15) is 36.0 Å².